The summed E-state index contributed by atoms with van der Waals surface area (Å²) in [4.78, 5) is 14.3. The fourth-order valence-corrected chi connectivity index (χ4v) is 7.23. The quantitative estimate of drug-likeness (QED) is 0.212. The maximum Gasteiger partial charge on any atom is 0.141 e. The molecule has 0 saturated carbocycles. The highest BCUT2D eigenvalue weighted by Gasteiger charge is 2.39. The minimum absolute atomic E-state index is 0.148. The Kier molecular flexibility index (Phi) is 5.79. The number of rotatable bonds is 3. The lowest BCUT2D eigenvalue weighted by molar-refractivity contribution is 0.627. The van der Waals surface area contributed by atoms with Crippen LogP contribution in [0.15, 0.2) is 134 Å². The Labute approximate surface area is 259 Å². The maximum absolute atomic E-state index is 4.92. The minimum Gasteiger partial charge on any atom is -0.294 e. The molecule has 0 N–H and O–H groups in total. The van der Waals surface area contributed by atoms with Gasteiger partial charge in [0.05, 0.1) is 17.1 Å². The molecule has 0 atom stereocenters. The van der Waals surface area contributed by atoms with Crippen molar-refractivity contribution in [2.75, 3.05) is 9.80 Å². The van der Waals surface area contributed by atoms with Crippen LogP contribution in [0.2, 0.25) is 0 Å². The molecule has 6 aromatic rings. The average molecular weight is 571 g/mol. The molecule has 2 aromatic heterocycles. The standard InChI is InChI=1S/C40H34N4/c1-39(2)31-16-6-8-19-35(31)44(37-20-9-10-23-41-37)36-26-28(21-22-32(36)39)27-13-11-14-29(25-27)43-34-18-7-5-15-30(34)40(3,4)33-17-12-24-42-38(33)43/h5-26H,1-4H3. The van der Waals surface area contributed by atoms with Crippen LogP contribution < -0.4 is 9.80 Å². The first-order chi connectivity index (χ1) is 21.4. The number of aromatic nitrogens is 2. The van der Waals surface area contributed by atoms with E-state index in [1.165, 1.54) is 33.6 Å². The molecule has 44 heavy (non-hydrogen) atoms. The minimum atomic E-state index is -0.155. The van der Waals surface area contributed by atoms with Gasteiger partial charge in [-0.1, -0.05) is 100 Å². The molecule has 2 aliphatic rings. The van der Waals surface area contributed by atoms with Crippen LogP contribution in [0.5, 0.6) is 0 Å². The van der Waals surface area contributed by atoms with E-state index in [4.69, 9.17) is 9.97 Å². The zero-order chi connectivity index (χ0) is 30.1. The zero-order valence-electron chi connectivity index (χ0n) is 25.5. The number of para-hydroxylation sites is 2. The molecule has 4 nitrogen and oxygen atoms in total. The molecule has 0 aliphatic carbocycles. The van der Waals surface area contributed by atoms with Crippen molar-refractivity contribution in [1.29, 1.82) is 0 Å². The van der Waals surface area contributed by atoms with Gasteiger partial charge in [0.25, 0.3) is 0 Å². The number of benzene rings is 4. The third-order valence-corrected chi connectivity index (χ3v) is 9.54. The summed E-state index contributed by atoms with van der Waals surface area (Å²) in [5.41, 5.74) is 11.7. The van der Waals surface area contributed by atoms with Gasteiger partial charge in [-0.3, -0.25) is 9.80 Å². The van der Waals surface area contributed by atoms with Crippen LogP contribution in [-0.2, 0) is 10.8 Å². The molecule has 0 radical (unpaired) electrons. The Balaban J connectivity index is 1.29. The monoisotopic (exact) mass is 570 g/mol. The lowest BCUT2D eigenvalue weighted by Crippen LogP contribution is -2.31. The SMILES string of the molecule is CC1(C)c2ccccc2N(c2ccccn2)c2cc(-c3cccc(N4c5ccccc5C(C)(C)c5cccnc54)c3)ccc21. The summed E-state index contributed by atoms with van der Waals surface area (Å²) in [5.74, 6) is 1.90. The van der Waals surface area contributed by atoms with Crippen LogP contribution in [0, 0.1) is 0 Å². The summed E-state index contributed by atoms with van der Waals surface area (Å²) in [7, 11) is 0. The number of fused-ring (bicyclic) bond motifs is 4. The second-order valence-electron chi connectivity index (χ2n) is 12.8. The second kappa shape index (κ2) is 9.65. The number of pyridine rings is 2. The Morgan fingerprint density at radius 1 is 0.455 bits per heavy atom. The van der Waals surface area contributed by atoms with Crippen LogP contribution >= 0.6 is 0 Å². The van der Waals surface area contributed by atoms with Crippen LogP contribution in [0.25, 0.3) is 11.1 Å². The normalized spacial score (nSPS) is 15.5. The molecule has 4 heterocycles. The van der Waals surface area contributed by atoms with Crippen molar-refractivity contribution in [2.24, 2.45) is 0 Å². The molecular weight excluding hydrogens is 536 g/mol. The first kappa shape index (κ1) is 26.4. The summed E-state index contributed by atoms with van der Waals surface area (Å²) in [6.07, 6.45) is 3.77. The molecule has 0 unspecified atom stereocenters. The Morgan fingerprint density at radius 3 is 1.82 bits per heavy atom. The predicted octanol–water partition coefficient (Wildman–Crippen LogP) is 10.4. The van der Waals surface area contributed by atoms with Gasteiger partial charge >= 0.3 is 0 Å². The van der Waals surface area contributed by atoms with E-state index in [1.807, 2.05) is 24.5 Å². The highest BCUT2D eigenvalue weighted by Crippen LogP contribution is 2.53. The van der Waals surface area contributed by atoms with Gasteiger partial charge in [0.2, 0.25) is 0 Å². The van der Waals surface area contributed by atoms with Gasteiger partial charge in [0.15, 0.2) is 0 Å². The summed E-state index contributed by atoms with van der Waals surface area (Å²) in [5, 5.41) is 0. The van der Waals surface area contributed by atoms with E-state index in [2.05, 4.69) is 147 Å². The van der Waals surface area contributed by atoms with Gasteiger partial charge in [-0.15, -0.1) is 0 Å². The van der Waals surface area contributed by atoms with Gasteiger partial charge < -0.3 is 0 Å². The molecular formula is C40H34N4. The number of hydrogen-bond acceptors (Lipinski definition) is 4. The lowest BCUT2D eigenvalue weighted by Gasteiger charge is -2.41. The topological polar surface area (TPSA) is 32.3 Å². The molecule has 0 amide bonds. The number of anilines is 6. The van der Waals surface area contributed by atoms with Gasteiger partial charge in [0, 0.05) is 34.5 Å². The Hall–Kier alpha value is -5.22. The molecule has 0 bridgehead atoms. The van der Waals surface area contributed by atoms with Crippen LogP contribution in [0.3, 0.4) is 0 Å². The van der Waals surface area contributed by atoms with E-state index in [0.29, 0.717) is 0 Å². The molecule has 214 valence electrons. The predicted molar refractivity (Wildman–Crippen MR) is 181 cm³/mol. The van der Waals surface area contributed by atoms with Gasteiger partial charge in [-0.25, -0.2) is 9.97 Å². The molecule has 0 fully saturated rings. The summed E-state index contributed by atoms with van der Waals surface area (Å²) >= 11 is 0. The van der Waals surface area contributed by atoms with Crippen LogP contribution in [0.4, 0.5) is 34.4 Å². The van der Waals surface area contributed by atoms with Crippen molar-refractivity contribution in [3.05, 3.63) is 156 Å². The largest absolute Gasteiger partial charge is 0.294 e. The summed E-state index contributed by atoms with van der Waals surface area (Å²) in [6, 6.07) is 43.5. The van der Waals surface area contributed by atoms with Crippen molar-refractivity contribution in [3.63, 3.8) is 0 Å². The van der Waals surface area contributed by atoms with Gasteiger partial charge in [-0.2, -0.15) is 0 Å². The third kappa shape index (κ3) is 3.84. The first-order valence-electron chi connectivity index (χ1n) is 15.3. The first-order valence-corrected chi connectivity index (χ1v) is 15.3. The summed E-state index contributed by atoms with van der Waals surface area (Å²) < 4.78 is 0. The van der Waals surface area contributed by atoms with Crippen molar-refractivity contribution in [1.82, 2.24) is 9.97 Å². The van der Waals surface area contributed by atoms with E-state index >= 15 is 0 Å². The molecule has 8 rings (SSSR count). The third-order valence-electron chi connectivity index (χ3n) is 9.54. The number of hydrogen-bond donors (Lipinski definition) is 0. The Morgan fingerprint density at radius 2 is 1.07 bits per heavy atom. The fraction of sp³-hybridized carbons (Fsp3) is 0.150. The molecule has 4 heteroatoms. The molecule has 4 aromatic carbocycles. The highest BCUT2D eigenvalue weighted by molar-refractivity contribution is 5.89. The van der Waals surface area contributed by atoms with Crippen LogP contribution in [0.1, 0.15) is 49.9 Å². The summed E-state index contributed by atoms with van der Waals surface area (Å²) in [6.45, 7) is 9.22. The Bertz CT molecular complexity index is 1990. The second-order valence-corrected chi connectivity index (χ2v) is 12.8. The van der Waals surface area contributed by atoms with Gasteiger partial charge in [0.1, 0.15) is 11.6 Å². The number of nitrogens with zero attached hydrogens (tertiary/aromatic N) is 4. The fourth-order valence-electron chi connectivity index (χ4n) is 7.23. The maximum atomic E-state index is 4.92. The van der Waals surface area contributed by atoms with E-state index in [1.54, 1.807) is 0 Å². The van der Waals surface area contributed by atoms with Crippen LogP contribution in [-0.4, -0.2) is 9.97 Å². The highest BCUT2D eigenvalue weighted by atomic mass is 15.2. The van der Waals surface area contributed by atoms with E-state index < -0.39 is 0 Å². The lowest BCUT2D eigenvalue weighted by atomic mass is 9.73. The molecule has 0 saturated heterocycles. The van der Waals surface area contributed by atoms with Crippen molar-refractivity contribution < 1.29 is 0 Å². The zero-order valence-corrected chi connectivity index (χ0v) is 25.5. The average Bonchev–Trinajstić information content (AvgIpc) is 3.06. The smallest absolute Gasteiger partial charge is 0.141 e. The van der Waals surface area contributed by atoms with E-state index in [9.17, 15) is 0 Å². The van der Waals surface area contributed by atoms with Crippen molar-refractivity contribution >= 4 is 34.4 Å². The van der Waals surface area contributed by atoms with Crippen molar-refractivity contribution in [3.8, 4) is 11.1 Å². The van der Waals surface area contributed by atoms with Crippen molar-refractivity contribution in [2.45, 2.75) is 38.5 Å². The van der Waals surface area contributed by atoms with E-state index in [-0.39, 0.29) is 10.8 Å². The molecule has 0 spiro atoms. The van der Waals surface area contributed by atoms with E-state index in [0.717, 1.165) is 34.1 Å². The molecule has 2 aliphatic heterocycles. The van der Waals surface area contributed by atoms with Gasteiger partial charge in [-0.05, 0) is 76.3 Å².